The minimum Gasteiger partial charge on any atom is -0.313 e. The molecular weight excluding hydrogens is 315 g/mol. The first-order chi connectivity index (χ1) is 10.8. The Morgan fingerprint density at radius 1 is 1.09 bits per heavy atom. The van der Waals surface area contributed by atoms with Crippen LogP contribution in [-0.4, -0.2) is 8.42 Å². The van der Waals surface area contributed by atoms with Crippen LogP contribution in [0.25, 0.3) is 0 Å². The minimum absolute atomic E-state index is 0.0705. The lowest BCUT2D eigenvalue weighted by atomic mass is 10.1. The number of aryl methyl sites for hydroxylation is 2. The third-order valence-corrected chi connectivity index (χ3v) is 5.44. The van der Waals surface area contributed by atoms with Crippen molar-refractivity contribution in [2.24, 2.45) is 0 Å². The van der Waals surface area contributed by atoms with E-state index in [2.05, 4.69) is 0 Å². The van der Waals surface area contributed by atoms with Gasteiger partial charge in [0.1, 0.15) is 11.9 Å². The first-order valence-electron chi connectivity index (χ1n) is 6.87. The van der Waals surface area contributed by atoms with Crippen molar-refractivity contribution in [3.05, 3.63) is 64.4 Å². The van der Waals surface area contributed by atoms with Crippen molar-refractivity contribution in [3.63, 3.8) is 0 Å². The van der Waals surface area contributed by atoms with Crippen molar-refractivity contribution < 1.29 is 12.8 Å². The summed E-state index contributed by atoms with van der Waals surface area (Å²) >= 11 is 0. The van der Waals surface area contributed by atoms with Crippen LogP contribution >= 0.6 is 0 Å². The predicted octanol–water partition coefficient (Wildman–Crippen LogP) is 3.73. The zero-order valence-corrected chi connectivity index (χ0v) is 13.4. The van der Waals surface area contributed by atoms with Crippen molar-refractivity contribution in [3.8, 4) is 6.07 Å². The number of fused-ring (bicyclic) bond motifs is 1. The molecule has 1 aliphatic rings. The molecule has 1 aliphatic heterocycles. The topological polar surface area (TPSA) is 61.2 Å². The van der Waals surface area contributed by atoms with E-state index in [0.717, 1.165) is 17.2 Å². The molecule has 23 heavy (non-hydrogen) atoms. The molecular formula is C17H13FN2O2S. The molecule has 2 aromatic rings. The Labute approximate surface area is 134 Å². The highest BCUT2D eigenvalue weighted by molar-refractivity contribution is 7.95. The number of nitrogens with zero attached hydrogens (tertiary/aromatic N) is 2. The van der Waals surface area contributed by atoms with Crippen LogP contribution in [0, 0.1) is 31.0 Å². The van der Waals surface area contributed by atoms with Crippen LogP contribution in [0.2, 0.25) is 0 Å². The van der Waals surface area contributed by atoms with Crippen molar-refractivity contribution in [2.75, 3.05) is 4.90 Å². The summed E-state index contributed by atoms with van der Waals surface area (Å²) in [6, 6.07) is 10.9. The summed E-state index contributed by atoms with van der Waals surface area (Å²) in [7, 11) is -3.92. The van der Waals surface area contributed by atoms with E-state index < -0.39 is 15.7 Å². The molecule has 0 fully saturated rings. The fourth-order valence-electron chi connectivity index (χ4n) is 2.55. The summed E-state index contributed by atoms with van der Waals surface area (Å²) in [4.78, 5) is 1.12. The molecule has 1 heterocycles. The van der Waals surface area contributed by atoms with Gasteiger partial charge in [0.2, 0.25) is 9.84 Å². The molecule has 0 unspecified atom stereocenters. The van der Waals surface area contributed by atoms with E-state index in [1.165, 1.54) is 18.3 Å². The average molecular weight is 328 g/mol. The molecule has 0 amide bonds. The summed E-state index contributed by atoms with van der Waals surface area (Å²) in [5, 5.41) is 9.20. The molecule has 0 aromatic heterocycles. The second-order valence-electron chi connectivity index (χ2n) is 5.38. The van der Waals surface area contributed by atoms with Crippen molar-refractivity contribution in [1.82, 2.24) is 0 Å². The lowest BCUT2D eigenvalue weighted by molar-refractivity contribution is 0.600. The van der Waals surface area contributed by atoms with Crippen LogP contribution in [0.4, 0.5) is 15.8 Å². The maximum absolute atomic E-state index is 13.7. The molecule has 0 saturated carbocycles. The molecule has 0 aliphatic carbocycles. The van der Waals surface area contributed by atoms with Gasteiger partial charge in [0.15, 0.2) is 4.91 Å². The quantitative estimate of drug-likeness (QED) is 0.748. The number of hydrogen-bond donors (Lipinski definition) is 0. The van der Waals surface area contributed by atoms with Gasteiger partial charge in [0.25, 0.3) is 0 Å². The van der Waals surface area contributed by atoms with Crippen LogP contribution in [0.1, 0.15) is 11.1 Å². The maximum atomic E-state index is 13.7. The fraction of sp³-hybridized carbons (Fsp3) is 0.118. The number of halogens is 1. The minimum atomic E-state index is -3.92. The SMILES string of the molecule is Cc1ccc(C)c(N2C=C(C#N)S(=O)(=O)c3ccc(F)cc32)c1. The summed E-state index contributed by atoms with van der Waals surface area (Å²) in [5.74, 6) is -0.539. The van der Waals surface area contributed by atoms with Gasteiger partial charge in [0.05, 0.1) is 10.6 Å². The lowest BCUT2D eigenvalue weighted by Gasteiger charge is -2.29. The third kappa shape index (κ3) is 2.39. The van der Waals surface area contributed by atoms with Crippen LogP contribution in [0.5, 0.6) is 0 Å². The van der Waals surface area contributed by atoms with Gasteiger partial charge in [-0.05, 0) is 49.2 Å². The lowest BCUT2D eigenvalue weighted by Crippen LogP contribution is -2.22. The average Bonchev–Trinajstić information content (AvgIpc) is 2.50. The molecule has 0 radical (unpaired) electrons. The van der Waals surface area contributed by atoms with Gasteiger partial charge in [-0.1, -0.05) is 12.1 Å². The van der Waals surface area contributed by atoms with E-state index in [9.17, 15) is 18.1 Å². The summed E-state index contributed by atoms with van der Waals surface area (Å²) in [6.07, 6.45) is 1.25. The van der Waals surface area contributed by atoms with Crippen molar-refractivity contribution in [1.29, 1.82) is 5.26 Å². The first-order valence-corrected chi connectivity index (χ1v) is 8.36. The predicted molar refractivity (Wildman–Crippen MR) is 85.3 cm³/mol. The van der Waals surface area contributed by atoms with Gasteiger partial charge in [-0.3, -0.25) is 0 Å². The highest BCUT2D eigenvalue weighted by Gasteiger charge is 2.32. The standard InChI is InChI=1S/C17H13FN2O2S/c1-11-3-4-12(2)15(7-11)20-10-14(9-19)23(21,22)17-6-5-13(18)8-16(17)20/h3-8,10H,1-2H3. The fourth-order valence-corrected chi connectivity index (χ4v) is 3.83. The van der Waals surface area contributed by atoms with Crippen molar-refractivity contribution in [2.45, 2.75) is 18.7 Å². The smallest absolute Gasteiger partial charge is 0.220 e. The molecule has 0 bridgehead atoms. The molecule has 0 N–H and O–H groups in total. The van der Waals surface area contributed by atoms with Gasteiger partial charge >= 0.3 is 0 Å². The molecule has 0 spiro atoms. The number of nitriles is 1. The van der Waals surface area contributed by atoms with Crippen LogP contribution in [0.15, 0.2) is 52.4 Å². The summed E-state index contributed by atoms with van der Waals surface area (Å²) in [5.41, 5.74) is 2.78. The van der Waals surface area contributed by atoms with E-state index in [1.807, 2.05) is 32.0 Å². The highest BCUT2D eigenvalue weighted by Crippen LogP contribution is 2.40. The molecule has 0 saturated heterocycles. The Balaban J connectivity index is 2.36. The van der Waals surface area contributed by atoms with Gasteiger partial charge in [-0.15, -0.1) is 0 Å². The second-order valence-corrected chi connectivity index (χ2v) is 7.27. The number of rotatable bonds is 1. The number of hydrogen-bond acceptors (Lipinski definition) is 4. The van der Waals surface area contributed by atoms with Gasteiger partial charge in [0, 0.05) is 11.9 Å². The van der Waals surface area contributed by atoms with Crippen molar-refractivity contribution >= 4 is 21.2 Å². The largest absolute Gasteiger partial charge is 0.313 e. The molecule has 6 heteroatoms. The Morgan fingerprint density at radius 2 is 1.83 bits per heavy atom. The van der Waals surface area contributed by atoms with E-state index >= 15 is 0 Å². The Kier molecular flexibility index (Phi) is 3.46. The molecule has 0 atom stereocenters. The van der Waals surface area contributed by atoms with Gasteiger partial charge in [-0.25, -0.2) is 12.8 Å². The highest BCUT2D eigenvalue weighted by atomic mass is 32.2. The normalized spacial score (nSPS) is 15.6. The molecule has 3 rings (SSSR count). The van der Waals surface area contributed by atoms with Gasteiger partial charge in [-0.2, -0.15) is 5.26 Å². The molecule has 2 aromatic carbocycles. The monoisotopic (exact) mass is 328 g/mol. The van der Waals surface area contributed by atoms with E-state index in [-0.39, 0.29) is 15.5 Å². The molecule has 4 nitrogen and oxygen atoms in total. The summed E-state index contributed by atoms with van der Waals surface area (Å²) in [6.45, 7) is 3.78. The number of allylic oxidation sites excluding steroid dienone is 1. The zero-order valence-electron chi connectivity index (χ0n) is 12.5. The van der Waals surface area contributed by atoms with E-state index in [1.54, 1.807) is 11.0 Å². The zero-order chi connectivity index (χ0) is 16.8. The third-order valence-electron chi connectivity index (χ3n) is 3.74. The summed E-state index contributed by atoms with van der Waals surface area (Å²) < 4.78 is 38.6. The van der Waals surface area contributed by atoms with Crippen LogP contribution < -0.4 is 4.90 Å². The first kappa shape index (κ1) is 15.3. The Bertz CT molecular complexity index is 988. The number of benzene rings is 2. The van der Waals surface area contributed by atoms with Gasteiger partial charge < -0.3 is 4.90 Å². The Morgan fingerprint density at radius 3 is 2.52 bits per heavy atom. The maximum Gasteiger partial charge on any atom is 0.220 e. The number of anilines is 2. The van der Waals surface area contributed by atoms with E-state index in [4.69, 9.17) is 0 Å². The van der Waals surface area contributed by atoms with Crippen LogP contribution in [-0.2, 0) is 9.84 Å². The second kappa shape index (κ2) is 5.21. The van der Waals surface area contributed by atoms with E-state index in [0.29, 0.717) is 5.69 Å². The van der Waals surface area contributed by atoms with Crippen LogP contribution in [0.3, 0.4) is 0 Å². The molecule has 116 valence electrons. The Hall–Kier alpha value is -2.65. The number of sulfone groups is 1.